The van der Waals surface area contributed by atoms with Gasteiger partial charge in [0.05, 0.1) is 18.6 Å². The van der Waals surface area contributed by atoms with Crippen molar-refractivity contribution in [3.63, 3.8) is 0 Å². The van der Waals surface area contributed by atoms with Gasteiger partial charge < -0.3 is 19.4 Å². The first-order valence-electron chi connectivity index (χ1n) is 10.8. The van der Waals surface area contributed by atoms with Crippen molar-refractivity contribution in [2.45, 2.75) is 18.4 Å². The quantitative estimate of drug-likeness (QED) is 0.751. The number of anilines is 1. The van der Waals surface area contributed by atoms with E-state index in [2.05, 4.69) is 14.9 Å². The molecule has 1 aromatic carbocycles. The number of piperidine rings is 1. The molecule has 1 aromatic heterocycles. The number of likely N-dealkylation sites (tertiary alicyclic amines) is 2. The summed E-state index contributed by atoms with van der Waals surface area (Å²) in [6, 6.07) is 9.08. The number of hydrogen-bond donors (Lipinski definition) is 0. The van der Waals surface area contributed by atoms with Gasteiger partial charge in [0, 0.05) is 57.1 Å². The van der Waals surface area contributed by atoms with Crippen LogP contribution in [0.3, 0.4) is 0 Å². The Balaban J connectivity index is 1.33. The highest BCUT2D eigenvalue weighted by Gasteiger charge is 2.60. The maximum Gasteiger partial charge on any atom is 0.253 e. The fraction of sp³-hybridized carbons (Fsp3) is 0.478. The number of rotatable bonds is 3. The summed E-state index contributed by atoms with van der Waals surface area (Å²) < 4.78 is 5.26. The number of benzene rings is 1. The zero-order valence-electron chi connectivity index (χ0n) is 17.9. The van der Waals surface area contributed by atoms with Crippen LogP contribution >= 0.6 is 0 Å². The van der Waals surface area contributed by atoms with Crippen molar-refractivity contribution in [1.82, 2.24) is 19.8 Å². The summed E-state index contributed by atoms with van der Waals surface area (Å²) in [6.07, 6.45) is 5.05. The van der Waals surface area contributed by atoms with Gasteiger partial charge in [0.15, 0.2) is 0 Å². The normalized spacial score (nSPS) is 24.6. The minimum atomic E-state index is -0.212. The zero-order chi connectivity index (χ0) is 21.6. The topological polar surface area (TPSA) is 78.9 Å². The van der Waals surface area contributed by atoms with Crippen LogP contribution in [0.4, 0.5) is 5.95 Å². The smallest absolute Gasteiger partial charge is 0.253 e. The third kappa shape index (κ3) is 3.12. The molecule has 0 unspecified atom stereocenters. The molecular formula is C23H27N5O3. The first-order chi connectivity index (χ1) is 15.0. The minimum absolute atomic E-state index is 0.0167. The predicted molar refractivity (Wildman–Crippen MR) is 115 cm³/mol. The number of ether oxygens (including phenoxy) is 1. The number of carbonyl (C=O) groups excluding carboxylic acids is 2. The van der Waals surface area contributed by atoms with Crippen LogP contribution in [0.1, 0.15) is 23.2 Å². The molecule has 0 aliphatic carbocycles. The molecule has 0 bridgehead atoms. The van der Waals surface area contributed by atoms with E-state index < -0.39 is 0 Å². The zero-order valence-corrected chi connectivity index (χ0v) is 17.9. The average molecular weight is 422 g/mol. The maximum absolute atomic E-state index is 13.1. The van der Waals surface area contributed by atoms with Gasteiger partial charge in [-0.2, -0.15) is 0 Å². The van der Waals surface area contributed by atoms with Crippen molar-refractivity contribution < 1.29 is 14.3 Å². The second kappa shape index (κ2) is 7.51. The summed E-state index contributed by atoms with van der Waals surface area (Å²) >= 11 is 0. The molecule has 3 aliphatic heterocycles. The van der Waals surface area contributed by atoms with Crippen molar-refractivity contribution in [3.05, 3.63) is 48.3 Å². The van der Waals surface area contributed by atoms with Gasteiger partial charge in [0.2, 0.25) is 11.9 Å². The molecule has 2 aromatic rings. The van der Waals surface area contributed by atoms with Gasteiger partial charge in [-0.25, -0.2) is 9.97 Å². The molecule has 2 atom stereocenters. The van der Waals surface area contributed by atoms with E-state index >= 15 is 0 Å². The van der Waals surface area contributed by atoms with Gasteiger partial charge in [-0.1, -0.05) is 6.07 Å². The van der Waals surface area contributed by atoms with Gasteiger partial charge in [-0.3, -0.25) is 9.59 Å². The maximum atomic E-state index is 13.1. The Morgan fingerprint density at radius 3 is 2.58 bits per heavy atom. The number of carbonyl (C=O) groups is 2. The van der Waals surface area contributed by atoms with Crippen LogP contribution in [0.15, 0.2) is 42.7 Å². The lowest BCUT2D eigenvalue weighted by atomic mass is 9.75. The average Bonchev–Trinajstić information content (AvgIpc) is 3.35. The fourth-order valence-electron chi connectivity index (χ4n) is 5.68. The first kappa shape index (κ1) is 19.8. The van der Waals surface area contributed by atoms with Crippen LogP contribution in [-0.4, -0.2) is 77.5 Å². The fourth-order valence-corrected chi connectivity index (χ4v) is 5.68. The molecule has 0 radical (unpaired) electrons. The molecule has 3 saturated heterocycles. The summed E-state index contributed by atoms with van der Waals surface area (Å²) in [7, 11) is 3.53. The highest BCUT2D eigenvalue weighted by Crippen LogP contribution is 2.49. The van der Waals surface area contributed by atoms with Crippen LogP contribution in [0.2, 0.25) is 0 Å². The molecule has 8 nitrogen and oxygen atoms in total. The molecule has 5 rings (SSSR count). The van der Waals surface area contributed by atoms with Gasteiger partial charge in [0.25, 0.3) is 5.91 Å². The number of amides is 2. The van der Waals surface area contributed by atoms with Gasteiger partial charge in [0.1, 0.15) is 5.75 Å². The SMILES string of the molecule is COc1cccc(C(=O)N2CCC3(CC2)[C@H]2CN(c4ncccn4)C[C@H]2C(=O)N3C)c1. The summed E-state index contributed by atoms with van der Waals surface area (Å²) in [5.74, 6) is 1.78. The molecule has 2 amide bonds. The minimum Gasteiger partial charge on any atom is -0.497 e. The van der Waals surface area contributed by atoms with E-state index in [0.717, 1.165) is 19.4 Å². The second-order valence-electron chi connectivity index (χ2n) is 8.69. The molecule has 0 N–H and O–H groups in total. The molecule has 3 aliphatic rings. The van der Waals surface area contributed by atoms with Crippen LogP contribution in [-0.2, 0) is 4.79 Å². The summed E-state index contributed by atoms with van der Waals surface area (Å²) in [6.45, 7) is 2.71. The number of nitrogens with zero attached hydrogens (tertiary/aromatic N) is 5. The number of methoxy groups -OCH3 is 1. The Hall–Kier alpha value is -3.16. The van der Waals surface area contributed by atoms with Crippen LogP contribution in [0.5, 0.6) is 5.75 Å². The first-order valence-corrected chi connectivity index (χ1v) is 10.8. The second-order valence-corrected chi connectivity index (χ2v) is 8.69. The van der Waals surface area contributed by atoms with Crippen LogP contribution in [0, 0.1) is 11.8 Å². The number of fused-ring (bicyclic) bond motifs is 2. The highest BCUT2D eigenvalue weighted by molar-refractivity contribution is 5.94. The van der Waals surface area contributed by atoms with Crippen molar-refractivity contribution in [2.75, 3.05) is 45.2 Å². The van der Waals surface area contributed by atoms with E-state index in [1.165, 1.54) is 0 Å². The molecule has 31 heavy (non-hydrogen) atoms. The summed E-state index contributed by atoms with van der Waals surface area (Å²) in [5.41, 5.74) is 0.425. The van der Waals surface area contributed by atoms with E-state index in [1.54, 1.807) is 31.6 Å². The monoisotopic (exact) mass is 421 g/mol. The van der Waals surface area contributed by atoms with Crippen molar-refractivity contribution in [2.24, 2.45) is 11.8 Å². The van der Waals surface area contributed by atoms with E-state index in [-0.39, 0.29) is 29.2 Å². The highest BCUT2D eigenvalue weighted by atomic mass is 16.5. The third-order valence-corrected chi connectivity index (χ3v) is 7.39. The summed E-state index contributed by atoms with van der Waals surface area (Å²) in [4.78, 5) is 40.9. The Bertz CT molecular complexity index is 990. The van der Waals surface area contributed by atoms with Crippen LogP contribution < -0.4 is 9.64 Å². The molecular weight excluding hydrogens is 394 g/mol. The molecule has 162 valence electrons. The lowest BCUT2D eigenvalue weighted by Gasteiger charge is -2.46. The predicted octanol–water partition coefficient (Wildman–Crippen LogP) is 1.68. The Morgan fingerprint density at radius 1 is 1.13 bits per heavy atom. The van der Waals surface area contributed by atoms with Crippen molar-refractivity contribution >= 4 is 17.8 Å². The molecule has 1 spiro atoms. The largest absolute Gasteiger partial charge is 0.497 e. The van der Waals surface area contributed by atoms with E-state index in [0.29, 0.717) is 36.9 Å². The van der Waals surface area contributed by atoms with Crippen molar-refractivity contribution in [3.8, 4) is 5.75 Å². The van der Waals surface area contributed by atoms with Gasteiger partial charge in [-0.05, 0) is 37.1 Å². The van der Waals surface area contributed by atoms with E-state index in [9.17, 15) is 9.59 Å². The Labute approximate surface area is 181 Å². The van der Waals surface area contributed by atoms with Gasteiger partial charge in [-0.15, -0.1) is 0 Å². The van der Waals surface area contributed by atoms with Crippen LogP contribution in [0.25, 0.3) is 0 Å². The molecule has 8 heteroatoms. The van der Waals surface area contributed by atoms with E-state index in [4.69, 9.17) is 4.74 Å². The Morgan fingerprint density at radius 2 is 1.87 bits per heavy atom. The lowest BCUT2D eigenvalue weighted by molar-refractivity contribution is -0.133. The number of aromatic nitrogens is 2. The molecule has 0 saturated carbocycles. The lowest BCUT2D eigenvalue weighted by Crippen LogP contribution is -2.56. The molecule has 4 heterocycles. The standard InChI is InChI=1S/C23H27N5O3/c1-26-21(30)18-14-28(22-24-9-4-10-25-22)15-19(18)23(26)7-11-27(12-8-23)20(29)16-5-3-6-17(13-16)31-2/h3-6,9-10,13,18-19H,7-8,11-12,14-15H2,1-2H3/t18-,19+/m1/s1. The number of hydrogen-bond acceptors (Lipinski definition) is 6. The third-order valence-electron chi connectivity index (χ3n) is 7.39. The Kier molecular flexibility index (Phi) is 4.79. The molecule has 3 fully saturated rings. The summed E-state index contributed by atoms with van der Waals surface area (Å²) in [5, 5.41) is 0. The van der Waals surface area contributed by atoms with E-state index in [1.807, 2.05) is 35.0 Å². The van der Waals surface area contributed by atoms with Gasteiger partial charge >= 0.3 is 0 Å². The van der Waals surface area contributed by atoms with Crippen molar-refractivity contribution in [1.29, 1.82) is 0 Å².